The van der Waals surface area contributed by atoms with Crippen LogP contribution in [0.2, 0.25) is 0 Å². The van der Waals surface area contributed by atoms with Crippen LogP contribution in [0.3, 0.4) is 0 Å². The van der Waals surface area contributed by atoms with Crippen molar-refractivity contribution in [1.82, 2.24) is 9.55 Å². The zero-order valence-corrected chi connectivity index (χ0v) is 16.5. The molecule has 0 saturated carbocycles. The fourth-order valence-corrected chi connectivity index (χ4v) is 5.33. The maximum Gasteiger partial charge on any atom is 0.250 e. The zero-order chi connectivity index (χ0) is 17.7. The number of nitrogens with zero attached hydrogens (tertiary/aromatic N) is 3. The fourth-order valence-electron chi connectivity index (χ4n) is 4.22. The maximum atomic E-state index is 12.2. The van der Waals surface area contributed by atoms with Crippen LogP contribution in [0.5, 0.6) is 0 Å². The molecular weight excluding hydrogens is 410 g/mol. The molecular formula is C20H18BrN3OS. The van der Waals surface area contributed by atoms with Crippen molar-refractivity contribution in [3.05, 3.63) is 68.4 Å². The number of pyridine rings is 1. The molecule has 1 aromatic carbocycles. The predicted octanol–water partition coefficient (Wildman–Crippen LogP) is 4.36. The van der Waals surface area contributed by atoms with E-state index >= 15 is 0 Å². The van der Waals surface area contributed by atoms with Crippen LogP contribution >= 0.6 is 27.3 Å². The van der Waals surface area contributed by atoms with E-state index in [1.165, 1.54) is 12.1 Å². The van der Waals surface area contributed by atoms with Crippen molar-refractivity contribution < 1.29 is 0 Å². The summed E-state index contributed by atoms with van der Waals surface area (Å²) in [7, 11) is 0. The highest BCUT2D eigenvalue weighted by molar-refractivity contribution is 9.10. The van der Waals surface area contributed by atoms with Gasteiger partial charge >= 0.3 is 0 Å². The second-order valence-electron chi connectivity index (χ2n) is 7.13. The second-order valence-corrected chi connectivity index (χ2v) is 8.88. The van der Waals surface area contributed by atoms with Crippen molar-refractivity contribution in [2.24, 2.45) is 5.92 Å². The lowest BCUT2D eigenvalue weighted by molar-refractivity contribution is 0.281. The minimum absolute atomic E-state index is 0.137. The molecule has 0 amide bonds. The quantitative estimate of drug-likeness (QED) is 0.609. The summed E-state index contributed by atoms with van der Waals surface area (Å²) in [6.07, 6.45) is 1.17. The number of hydrogen-bond acceptors (Lipinski definition) is 4. The van der Waals surface area contributed by atoms with Gasteiger partial charge in [0.2, 0.25) is 0 Å². The van der Waals surface area contributed by atoms with Gasteiger partial charge in [-0.15, -0.1) is 11.3 Å². The Hall–Kier alpha value is -1.92. The molecule has 2 unspecified atom stereocenters. The Morgan fingerprint density at radius 2 is 1.92 bits per heavy atom. The number of aromatic nitrogens is 2. The normalized spacial score (nSPS) is 21.5. The predicted molar refractivity (Wildman–Crippen MR) is 109 cm³/mol. The second kappa shape index (κ2) is 6.35. The van der Waals surface area contributed by atoms with Gasteiger partial charge in [0.05, 0.1) is 5.69 Å². The van der Waals surface area contributed by atoms with Crippen LogP contribution in [0.15, 0.2) is 57.1 Å². The monoisotopic (exact) mass is 427 g/mol. The van der Waals surface area contributed by atoms with E-state index in [-0.39, 0.29) is 5.56 Å². The average Bonchev–Trinajstić information content (AvgIpc) is 3.13. The molecule has 4 heterocycles. The number of anilines is 1. The van der Waals surface area contributed by atoms with Crippen molar-refractivity contribution >= 4 is 32.4 Å². The maximum absolute atomic E-state index is 12.2. The molecule has 5 rings (SSSR count). The Balaban J connectivity index is 1.43. The van der Waals surface area contributed by atoms with E-state index in [4.69, 9.17) is 4.98 Å². The molecule has 0 radical (unpaired) electrons. The van der Waals surface area contributed by atoms with Gasteiger partial charge in [0.25, 0.3) is 5.56 Å². The number of piperidine rings is 1. The van der Waals surface area contributed by atoms with Crippen molar-refractivity contribution in [2.45, 2.75) is 18.9 Å². The van der Waals surface area contributed by atoms with Gasteiger partial charge in [0, 0.05) is 52.7 Å². The first-order valence-corrected chi connectivity index (χ1v) is 10.5. The fraction of sp³-hybridized carbons (Fsp3) is 0.300. The van der Waals surface area contributed by atoms with Crippen LogP contribution in [0.4, 0.5) is 5.13 Å². The Bertz CT molecular complexity index is 1010. The summed E-state index contributed by atoms with van der Waals surface area (Å²) in [5.74, 6) is 0.929. The highest BCUT2D eigenvalue weighted by atomic mass is 79.9. The largest absolute Gasteiger partial charge is 0.347 e. The highest BCUT2D eigenvalue weighted by Gasteiger charge is 2.35. The smallest absolute Gasteiger partial charge is 0.250 e. The molecule has 1 saturated heterocycles. The summed E-state index contributed by atoms with van der Waals surface area (Å²) in [6, 6.07) is 14.0. The first-order chi connectivity index (χ1) is 12.7. The summed E-state index contributed by atoms with van der Waals surface area (Å²) < 4.78 is 3.06. The number of hydrogen-bond donors (Lipinski definition) is 0. The zero-order valence-electron chi connectivity index (χ0n) is 14.1. The molecule has 0 spiro atoms. The molecule has 0 N–H and O–H groups in total. The number of thiazole rings is 1. The standard InChI is InChI=1S/C20H18BrN3OS/c21-16-6-4-14(5-7-16)17-12-26-20(22-17)23-9-13-8-15(11-23)18-2-1-3-19(25)24(18)10-13/h1-7,12-13,15H,8-11H2. The topological polar surface area (TPSA) is 38.1 Å². The molecule has 1 fully saturated rings. The molecule has 2 atom stereocenters. The van der Waals surface area contributed by atoms with Gasteiger partial charge in [-0.25, -0.2) is 4.98 Å². The Labute approximate surface area is 164 Å². The number of rotatable bonds is 2. The van der Waals surface area contributed by atoms with Crippen molar-refractivity contribution in [3.8, 4) is 11.3 Å². The molecule has 2 aromatic heterocycles. The molecule has 2 aliphatic rings. The third kappa shape index (κ3) is 2.81. The van der Waals surface area contributed by atoms with Crippen LogP contribution in [-0.4, -0.2) is 22.6 Å². The number of fused-ring (bicyclic) bond motifs is 4. The van der Waals surface area contributed by atoms with E-state index in [1.807, 2.05) is 22.8 Å². The number of benzene rings is 1. The van der Waals surface area contributed by atoms with Gasteiger partial charge in [0.1, 0.15) is 0 Å². The summed E-state index contributed by atoms with van der Waals surface area (Å²) in [5, 5.41) is 3.23. The molecule has 3 aromatic rings. The van der Waals surface area contributed by atoms with Crippen LogP contribution < -0.4 is 10.5 Å². The van der Waals surface area contributed by atoms with Crippen LogP contribution in [0.1, 0.15) is 18.0 Å². The Morgan fingerprint density at radius 3 is 2.77 bits per heavy atom. The Kier molecular flexibility index (Phi) is 3.98. The van der Waals surface area contributed by atoms with E-state index < -0.39 is 0 Å². The lowest BCUT2D eigenvalue weighted by Gasteiger charge is -2.42. The minimum atomic E-state index is 0.137. The Morgan fingerprint density at radius 1 is 1.08 bits per heavy atom. The summed E-state index contributed by atoms with van der Waals surface area (Å²) >= 11 is 5.19. The first-order valence-electron chi connectivity index (χ1n) is 8.83. The summed E-state index contributed by atoms with van der Waals surface area (Å²) in [4.78, 5) is 19.5. The highest BCUT2D eigenvalue weighted by Crippen LogP contribution is 2.38. The van der Waals surface area contributed by atoms with Gasteiger partial charge in [-0.1, -0.05) is 34.1 Å². The van der Waals surface area contributed by atoms with Gasteiger partial charge in [-0.2, -0.15) is 0 Å². The van der Waals surface area contributed by atoms with Gasteiger partial charge in [-0.05, 0) is 30.5 Å². The van der Waals surface area contributed by atoms with E-state index in [2.05, 4.69) is 44.4 Å². The molecule has 2 aliphatic heterocycles. The molecule has 6 heteroatoms. The first kappa shape index (κ1) is 16.3. The number of halogens is 1. The third-order valence-electron chi connectivity index (χ3n) is 5.38. The van der Waals surface area contributed by atoms with E-state index in [0.717, 1.165) is 40.5 Å². The van der Waals surface area contributed by atoms with E-state index in [9.17, 15) is 4.79 Å². The van der Waals surface area contributed by atoms with E-state index in [1.54, 1.807) is 17.4 Å². The van der Waals surface area contributed by atoms with Crippen LogP contribution in [-0.2, 0) is 6.54 Å². The van der Waals surface area contributed by atoms with E-state index in [0.29, 0.717) is 11.8 Å². The van der Waals surface area contributed by atoms with Crippen LogP contribution in [0, 0.1) is 5.92 Å². The molecule has 2 bridgehead atoms. The van der Waals surface area contributed by atoms with Crippen LogP contribution in [0.25, 0.3) is 11.3 Å². The average molecular weight is 428 g/mol. The molecule has 26 heavy (non-hydrogen) atoms. The summed E-state index contributed by atoms with van der Waals surface area (Å²) in [6.45, 7) is 2.74. The minimum Gasteiger partial charge on any atom is -0.347 e. The van der Waals surface area contributed by atoms with Gasteiger partial charge < -0.3 is 9.47 Å². The molecule has 4 nitrogen and oxygen atoms in total. The lowest BCUT2D eigenvalue weighted by atomic mass is 9.83. The lowest BCUT2D eigenvalue weighted by Crippen LogP contribution is -2.47. The van der Waals surface area contributed by atoms with Gasteiger partial charge in [0.15, 0.2) is 5.13 Å². The van der Waals surface area contributed by atoms with Crippen molar-refractivity contribution in [3.63, 3.8) is 0 Å². The van der Waals surface area contributed by atoms with Gasteiger partial charge in [-0.3, -0.25) is 4.79 Å². The third-order valence-corrected chi connectivity index (χ3v) is 6.81. The molecule has 0 aliphatic carbocycles. The SMILES string of the molecule is O=c1cccc2n1CC1CC2CN(c2nc(-c3ccc(Br)cc3)cs2)C1. The van der Waals surface area contributed by atoms with Crippen molar-refractivity contribution in [1.29, 1.82) is 0 Å². The molecule has 132 valence electrons. The van der Waals surface area contributed by atoms with Crippen molar-refractivity contribution in [2.75, 3.05) is 18.0 Å². The summed E-state index contributed by atoms with van der Waals surface area (Å²) in [5.41, 5.74) is 3.50.